The Morgan fingerprint density at radius 2 is 2.17 bits per heavy atom. The van der Waals surface area contributed by atoms with Crippen LogP contribution in [0.5, 0.6) is 5.75 Å². The summed E-state index contributed by atoms with van der Waals surface area (Å²) >= 11 is 0. The molecule has 1 amide bonds. The molecule has 24 heavy (non-hydrogen) atoms. The minimum absolute atomic E-state index is 0.0890. The number of carbonyl (C=O) groups is 1. The summed E-state index contributed by atoms with van der Waals surface area (Å²) in [6.45, 7) is 0.563. The van der Waals surface area contributed by atoms with Gasteiger partial charge in [-0.3, -0.25) is 4.79 Å². The molecule has 0 radical (unpaired) electrons. The standard InChI is InChI=1S/C17H15N3O4/c21-16(12-8-11-4-1-2-5-13(11)23-10-12)18-9-15-19-17(24-20-15)14-6-3-7-22-14/h1-7,12H,8-10H2,(H,18,21)/t12-/m1/s1. The Labute approximate surface area is 137 Å². The van der Waals surface area contributed by atoms with Crippen LogP contribution in [-0.4, -0.2) is 22.7 Å². The van der Waals surface area contributed by atoms with Gasteiger partial charge in [-0.2, -0.15) is 4.98 Å². The fourth-order valence-electron chi connectivity index (χ4n) is 2.63. The summed E-state index contributed by atoms with van der Waals surface area (Å²) in [5.41, 5.74) is 1.04. The number of ether oxygens (including phenoxy) is 1. The van der Waals surface area contributed by atoms with Crippen molar-refractivity contribution in [1.29, 1.82) is 0 Å². The van der Waals surface area contributed by atoms with Crippen LogP contribution in [0.3, 0.4) is 0 Å². The minimum atomic E-state index is -0.226. The Hall–Kier alpha value is -3.09. The topological polar surface area (TPSA) is 90.4 Å². The Bertz CT molecular complexity index is 841. The molecule has 7 heteroatoms. The second-order valence-corrected chi connectivity index (χ2v) is 5.53. The van der Waals surface area contributed by atoms with E-state index in [1.165, 1.54) is 6.26 Å². The van der Waals surface area contributed by atoms with Gasteiger partial charge in [0.1, 0.15) is 12.4 Å². The van der Waals surface area contributed by atoms with Gasteiger partial charge in [0.15, 0.2) is 11.6 Å². The van der Waals surface area contributed by atoms with E-state index in [4.69, 9.17) is 13.7 Å². The van der Waals surface area contributed by atoms with Gasteiger partial charge in [-0.25, -0.2) is 0 Å². The first-order valence-corrected chi connectivity index (χ1v) is 7.64. The van der Waals surface area contributed by atoms with Crippen molar-refractivity contribution in [2.45, 2.75) is 13.0 Å². The molecule has 1 N–H and O–H groups in total. The van der Waals surface area contributed by atoms with E-state index in [9.17, 15) is 4.79 Å². The smallest absolute Gasteiger partial charge is 0.293 e. The molecule has 0 saturated heterocycles. The van der Waals surface area contributed by atoms with Gasteiger partial charge in [-0.05, 0) is 30.2 Å². The molecule has 1 aromatic carbocycles. The number of rotatable bonds is 4. The highest BCUT2D eigenvalue weighted by Crippen LogP contribution is 2.26. The quantitative estimate of drug-likeness (QED) is 0.791. The molecule has 0 saturated carbocycles. The molecule has 1 atom stereocenters. The zero-order chi connectivity index (χ0) is 16.4. The largest absolute Gasteiger partial charge is 0.492 e. The number of nitrogens with zero attached hydrogens (tertiary/aromatic N) is 2. The number of para-hydroxylation sites is 1. The van der Waals surface area contributed by atoms with Crippen LogP contribution >= 0.6 is 0 Å². The summed E-state index contributed by atoms with van der Waals surface area (Å²) in [6, 6.07) is 11.2. The highest BCUT2D eigenvalue weighted by atomic mass is 16.5. The van der Waals surface area contributed by atoms with Gasteiger partial charge in [0.05, 0.1) is 18.7 Å². The average molecular weight is 325 g/mol. The molecule has 2 aromatic heterocycles. The monoisotopic (exact) mass is 325 g/mol. The Balaban J connectivity index is 1.36. The molecular weight excluding hydrogens is 310 g/mol. The van der Waals surface area contributed by atoms with Crippen LogP contribution < -0.4 is 10.1 Å². The fraction of sp³-hybridized carbons (Fsp3) is 0.235. The van der Waals surface area contributed by atoms with Gasteiger partial charge in [0.25, 0.3) is 5.89 Å². The molecule has 4 rings (SSSR count). The van der Waals surface area contributed by atoms with Crippen LogP contribution in [0.2, 0.25) is 0 Å². The molecule has 0 fully saturated rings. The summed E-state index contributed by atoms with van der Waals surface area (Å²) < 4.78 is 15.9. The normalized spacial score (nSPS) is 16.2. The number of amides is 1. The molecule has 3 aromatic rings. The van der Waals surface area contributed by atoms with Crippen LogP contribution in [0.4, 0.5) is 0 Å². The Morgan fingerprint density at radius 1 is 1.25 bits per heavy atom. The van der Waals surface area contributed by atoms with E-state index in [-0.39, 0.29) is 18.4 Å². The number of benzene rings is 1. The molecule has 0 spiro atoms. The maximum atomic E-state index is 12.3. The van der Waals surface area contributed by atoms with Crippen LogP contribution in [0.1, 0.15) is 11.4 Å². The maximum Gasteiger partial charge on any atom is 0.293 e. The summed E-state index contributed by atoms with van der Waals surface area (Å²) in [5, 5.41) is 6.66. The van der Waals surface area contributed by atoms with Gasteiger partial charge in [-0.15, -0.1) is 0 Å². The van der Waals surface area contributed by atoms with Crippen molar-refractivity contribution in [1.82, 2.24) is 15.5 Å². The highest BCUT2D eigenvalue weighted by molar-refractivity contribution is 5.79. The number of hydrogen-bond donors (Lipinski definition) is 1. The van der Waals surface area contributed by atoms with Crippen molar-refractivity contribution in [2.75, 3.05) is 6.61 Å². The zero-order valence-electron chi connectivity index (χ0n) is 12.8. The lowest BCUT2D eigenvalue weighted by atomic mass is 9.96. The lowest BCUT2D eigenvalue weighted by Crippen LogP contribution is -2.37. The van der Waals surface area contributed by atoms with Crippen molar-refractivity contribution < 1.29 is 18.5 Å². The molecule has 122 valence electrons. The molecule has 1 aliphatic heterocycles. The van der Waals surface area contributed by atoms with Gasteiger partial charge in [0, 0.05) is 0 Å². The molecule has 7 nitrogen and oxygen atoms in total. The predicted octanol–water partition coefficient (Wildman–Crippen LogP) is 2.20. The van der Waals surface area contributed by atoms with Crippen LogP contribution in [0, 0.1) is 5.92 Å². The number of carbonyl (C=O) groups excluding carboxylic acids is 1. The molecule has 3 heterocycles. The first-order valence-electron chi connectivity index (χ1n) is 7.64. The van der Waals surface area contributed by atoms with Crippen molar-refractivity contribution in [3.63, 3.8) is 0 Å². The van der Waals surface area contributed by atoms with Crippen molar-refractivity contribution in [3.8, 4) is 17.4 Å². The van der Waals surface area contributed by atoms with E-state index in [0.29, 0.717) is 30.5 Å². The lowest BCUT2D eigenvalue weighted by molar-refractivity contribution is -0.126. The van der Waals surface area contributed by atoms with Crippen LogP contribution in [-0.2, 0) is 17.8 Å². The summed E-state index contributed by atoms with van der Waals surface area (Å²) in [7, 11) is 0. The molecule has 0 unspecified atom stereocenters. The maximum absolute atomic E-state index is 12.3. The first kappa shape index (κ1) is 14.5. The van der Waals surface area contributed by atoms with E-state index in [1.807, 2.05) is 24.3 Å². The van der Waals surface area contributed by atoms with Gasteiger partial charge in [0.2, 0.25) is 5.91 Å². The average Bonchev–Trinajstić information content (AvgIpc) is 3.30. The summed E-state index contributed by atoms with van der Waals surface area (Å²) in [4.78, 5) is 16.5. The van der Waals surface area contributed by atoms with E-state index in [2.05, 4.69) is 15.5 Å². The number of aromatic nitrogens is 2. The number of nitrogens with one attached hydrogen (secondary N) is 1. The van der Waals surface area contributed by atoms with Gasteiger partial charge in [-0.1, -0.05) is 23.4 Å². The van der Waals surface area contributed by atoms with Crippen molar-refractivity contribution in [3.05, 3.63) is 54.0 Å². The number of hydrogen-bond acceptors (Lipinski definition) is 6. The zero-order valence-corrected chi connectivity index (χ0v) is 12.8. The third-order valence-corrected chi connectivity index (χ3v) is 3.87. The Morgan fingerprint density at radius 3 is 3.04 bits per heavy atom. The SMILES string of the molecule is O=C(NCc1noc(-c2ccco2)n1)[C@H]1COc2ccccc2C1. The number of fused-ring (bicyclic) bond motifs is 1. The van der Waals surface area contributed by atoms with E-state index in [1.54, 1.807) is 12.1 Å². The van der Waals surface area contributed by atoms with Gasteiger partial charge < -0.3 is 19.0 Å². The number of furan rings is 1. The fourth-order valence-corrected chi connectivity index (χ4v) is 2.63. The summed E-state index contributed by atoms with van der Waals surface area (Å²) in [6.07, 6.45) is 2.19. The lowest BCUT2D eigenvalue weighted by Gasteiger charge is -2.24. The van der Waals surface area contributed by atoms with Crippen LogP contribution in [0.15, 0.2) is 51.6 Å². The predicted molar refractivity (Wildman–Crippen MR) is 83.0 cm³/mol. The molecule has 0 bridgehead atoms. The van der Waals surface area contributed by atoms with E-state index >= 15 is 0 Å². The second-order valence-electron chi connectivity index (χ2n) is 5.53. The van der Waals surface area contributed by atoms with E-state index in [0.717, 1.165) is 11.3 Å². The Kier molecular flexibility index (Phi) is 3.74. The molecule has 1 aliphatic rings. The molecular formula is C17H15N3O4. The minimum Gasteiger partial charge on any atom is -0.492 e. The third-order valence-electron chi connectivity index (χ3n) is 3.87. The summed E-state index contributed by atoms with van der Waals surface area (Å²) in [5.74, 6) is 1.72. The van der Waals surface area contributed by atoms with Crippen LogP contribution in [0.25, 0.3) is 11.7 Å². The first-order chi connectivity index (χ1) is 11.8. The van der Waals surface area contributed by atoms with Crippen molar-refractivity contribution in [2.24, 2.45) is 5.92 Å². The van der Waals surface area contributed by atoms with Crippen molar-refractivity contribution >= 4 is 5.91 Å². The molecule has 0 aliphatic carbocycles. The highest BCUT2D eigenvalue weighted by Gasteiger charge is 2.25. The van der Waals surface area contributed by atoms with Gasteiger partial charge >= 0.3 is 0 Å². The van der Waals surface area contributed by atoms with E-state index < -0.39 is 0 Å². The second kappa shape index (κ2) is 6.19. The third kappa shape index (κ3) is 2.88.